The third kappa shape index (κ3) is 50.4. The summed E-state index contributed by atoms with van der Waals surface area (Å²) in [5, 5.41) is 14.8. The summed E-state index contributed by atoms with van der Waals surface area (Å²) in [6, 6.07) is 35.2. The molecule has 3 atom stereocenters. The number of nitrogens with zero attached hydrogens (tertiary/aromatic N) is 3. The second kappa shape index (κ2) is 68.7. The number of nitrogens with two attached hydrogens (primary N) is 2. The van der Waals surface area contributed by atoms with Crippen LogP contribution in [0.15, 0.2) is 170 Å². The van der Waals surface area contributed by atoms with Crippen molar-refractivity contribution in [2.24, 2.45) is 29.4 Å². The first-order valence-electron chi connectivity index (χ1n) is 38.8. The molecule has 9 amide bonds. The van der Waals surface area contributed by atoms with E-state index < -0.39 is 119 Å². The van der Waals surface area contributed by atoms with Crippen LogP contribution in [0.4, 0.5) is 22.7 Å². The molecule has 0 bridgehead atoms. The first-order valence-corrected chi connectivity index (χ1v) is 41.0. The molecule has 0 aliphatic heterocycles. The number of esters is 7. The van der Waals surface area contributed by atoms with Crippen molar-refractivity contribution in [2.75, 3.05) is 139 Å². The number of unbranched alkanes of at least 4 members (excludes halogenated alkanes) is 3. The van der Waals surface area contributed by atoms with E-state index in [1.165, 1.54) is 69.3 Å². The number of nitrogens with one attached hydrogen (secondary N) is 6. The third-order valence-corrected chi connectivity index (χ3v) is 15.2. The highest BCUT2D eigenvalue weighted by Gasteiger charge is 2.41. The predicted molar refractivity (Wildman–Crippen MR) is 469 cm³/mol. The fraction of sp³-hybridized carbons (Fsp3) is 0.442. The van der Waals surface area contributed by atoms with Crippen LogP contribution in [0.1, 0.15) is 108 Å². The molecule has 0 heterocycles. The van der Waals surface area contributed by atoms with Crippen molar-refractivity contribution in [1.82, 2.24) is 31.1 Å². The quantitative estimate of drug-likeness (QED) is 0.00310. The van der Waals surface area contributed by atoms with Gasteiger partial charge in [-0.3, -0.25) is 57.5 Å². The van der Waals surface area contributed by atoms with Crippen molar-refractivity contribution in [3.63, 3.8) is 0 Å². The molecule has 4 aromatic rings. The van der Waals surface area contributed by atoms with E-state index in [0.29, 0.717) is 30.2 Å². The molecule has 34 nitrogen and oxygen atoms in total. The number of hydrogen-bond donors (Lipinski definition) is 8. The number of halogens is 1. The number of likely N-dealkylation sites (N-methyl/N-ethyl adjacent to an activating group) is 1. The van der Waals surface area contributed by atoms with Gasteiger partial charge < -0.3 is 91.2 Å². The SMILES string of the molecule is C=C(C)C(=O)OCCN(C)C(=O)C(C(=O)N(C)CCCC)C(=O)N(C)c1ccccc1.C=C(C)C(=O)OCCNC(=O)C(C(=O)NCCCC)C(=O)Nc1ccccc1.C=C(C)C(=O)OCCNC(=O)C(C(=O)Nc1ccccc1)C(=O)OCC.C=C(C)C(=O)OCCNC(=O)C(C(=O)OCC)C(=O)OCC.CCCCN.CI.Nc1ccccc1. The highest BCUT2D eigenvalue weighted by molar-refractivity contribution is 14.1. The number of carbonyl (C=O) groups is 16. The van der Waals surface area contributed by atoms with Gasteiger partial charge in [0.2, 0.25) is 65.0 Å². The fourth-order valence-electron chi connectivity index (χ4n) is 8.67. The average Bonchev–Trinajstić information content (AvgIpc) is 0.807. The van der Waals surface area contributed by atoms with Gasteiger partial charge in [-0.25, -0.2) is 19.2 Å². The lowest BCUT2D eigenvalue weighted by Crippen LogP contribution is -2.51. The molecular formula is C86H124IN11O23. The van der Waals surface area contributed by atoms with E-state index >= 15 is 0 Å². The van der Waals surface area contributed by atoms with Gasteiger partial charge in [0.05, 0.1) is 46.0 Å². The minimum atomic E-state index is -1.70. The van der Waals surface area contributed by atoms with Gasteiger partial charge >= 0.3 is 41.8 Å². The number of nitrogen functional groups attached to an aromatic ring is 1. The molecule has 4 aromatic carbocycles. The summed E-state index contributed by atoms with van der Waals surface area (Å²) in [6.45, 7) is 31.8. The van der Waals surface area contributed by atoms with Crippen LogP contribution in [-0.2, 0) is 110 Å². The number of amides is 9. The second-order valence-electron chi connectivity index (χ2n) is 25.5. The Kier molecular flexibility index (Phi) is 64.2. The van der Waals surface area contributed by atoms with Gasteiger partial charge in [0.25, 0.3) is 0 Å². The van der Waals surface area contributed by atoms with Crippen LogP contribution in [0.25, 0.3) is 0 Å². The van der Waals surface area contributed by atoms with E-state index in [0.717, 1.165) is 37.9 Å². The Hall–Kier alpha value is -12.2. The zero-order valence-corrected chi connectivity index (χ0v) is 74.2. The molecule has 0 aliphatic rings. The zero-order chi connectivity index (χ0) is 92.4. The highest BCUT2D eigenvalue weighted by atomic mass is 127. The number of benzene rings is 4. The van der Waals surface area contributed by atoms with E-state index in [9.17, 15) is 76.7 Å². The molecule has 0 aliphatic carbocycles. The Balaban J connectivity index is -0.00000146. The van der Waals surface area contributed by atoms with E-state index in [1.54, 1.807) is 113 Å². The normalized spacial score (nSPS) is 10.5. The van der Waals surface area contributed by atoms with Crippen LogP contribution >= 0.6 is 22.6 Å². The Morgan fingerprint density at radius 1 is 0.364 bits per heavy atom. The molecule has 668 valence electrons. The number of anilines is 4. The number of alkyl halides is 1. The van der Waals surface area contributed by atoms with Gasteiger partial charge in [-0.05, 0) is 128 Å². The van der Waals surface area contributed by atoms with E-state index in [2.05, 4.69) is 97.2 Å². The summed E-state index contributed by atoms with van der Waals surface area (Å²) in [5.74, 6) is -18.3. The maximum absolute atomic E-state index is 13.2. The first kappa shape index (κ1) is 113. The summed E-state index contributed by atoms with van der Waals surface area (Å²) >= 11 is 2.15. The number of hydrogen-bond acceptors (Lipinski definition) is 25. The molecule has 0 saturated heterocycles. The molecule has 3 unspecified atom stereocenters. The lowest BCUT2D eigenvalue weighted by molar-refractivity contribution is -0.165. The van der Waals surface area contributed by atoms with Gasteiger partial charge in [0, 0.05) is 79.3 Å². The van der Waals surface area contributed by atoms with Crippen molar-refractivity contribution in [3.05, 3.63) is 170 Å². The monoisotopic (exact) mass is 1810 g/mol. The molecule has 0 fully saturated rings. The van der Waals surface area contributed by atoms with Crippen LogP contribution in [0, 0.1) is 23.7 Å². The topological polar surface area (TPSA) is 472 Å². The molecular weight excluding hydrogens is 1680 g/mol. The van der Waals surface area contributed by atoms with Gasteiger partial charge in [-0.1, -0.05) is 162 Å². The van der Waals surface area contributed by atoms with Crippen LogP contribution in [-0.4, -0.2) is 223 Å². The van der Waals surface area contributed by atoms with Crippen LogP contribution in [0.3, 0.4) is 0 Å². The lowest BCUT2D eigenvalue weighted by Gasteiger charge is -2.29. The van der Waals surface area contributed by atoms with Crippen molar-refractivity contribution in [2.45, 2.75) is 108 Å². The minimum Gasteiger partial charge on any atom is -0.465 e. The Bertz CT molecular complexity index is 3890. The predicted octanol–water partition coefficient (Wildman–Crippen LogP) is 7.56. The third-order valence-electron chi connectivity index (χ3n) is 15.2. The van der Waals surface area contributed by atoms with Gasteiger partial charge in [-0.15, -0.1) is 0 Å². The number of ether oxygens (including phenoxy) is 7. The second-order valence-corrected chi connectivity index (χ2v) is 25.5. The fourth-order valence-corrected chi connectivity index (χ4v) is 8.67. The maximum atomic E-state index is 13.2. The average molecular weight is 1810 g/mol. The van der Waals surface area contributed by atoms with Gasteiger partial charge in [-0.2, -0.15) is 0 Å². The molecule has 0 radical (unpaired) electrons. The maximum Gasteiger partial charge on any atom is 0.333 e. The summed E-state index contributed by atoms with van der Waals surface area (Å²) in [7, 11) is 4.59. The number of rotatable bonds is 42. The molecule has 121 heavy (non-hydrogen) atoms. The van der Waals surface area contributed by atoms with Crippen molar-refractivity contribution in [1.29, 1.82) is 0 Å². The molecule has 4 rings (SSSR count). The molecule has 10 N–H and O–H groups in total. The molecule has 0 spiro atoms. The number of carbonyl (C=O) groups excluding carboxylic acids is 16. The summed E-state index contributed by atoms with van der Waals surface area (Å²) in [5.41, 5.74) is 13.7. The smallest absolute Gasteiger partial charge is 0.333 e. The minimum absolute atomic E-state index is 0.0253. The van der Waals surface area contributed by atoms with Crippen LogP contribution in [0.2, 0.25) is 0 Å². The van der Waals surface area contributed by atoms with Gasteiger partial charge in [0.1, 0.15) is 26.4 Å². The van der Waals surface area contributed by atoms with E-state index in [-0.39, 0.29) is 94.7 Å². The molecule has 0 saturated carbocycles. The Morgan fingerprint density at radius 2 is 0.669 bits per heavy atom. The molecule has 0 aromatic heterocycles. The highest BCUT2D eigenvalue weighted by Crippen LogP contribution is 2.19. The largest absolute Gasteiger partial charge is 0.465 e. The summed E-state index contributed by atoms with van der Waals surface area (Å²) in [6.07, 6.45) is 5.62. The van der Waals surface area contributed by atoms with Crippen molar-refractivity contribution >= 4 is 140 Å². The Labute approximate surface area is 723 Å². The van der Waals surface area contributed by atoms with E-state index in [1.807, 2.05) is 55.2 Å². The first-order chi connectivity index (χ1) is 57.5. The van der Waals surface area contributed by atoms with Gasteiger partial charge in [0.15, 0.2) is 11.8 Å². The molecule has 35 heteroatoms. The standard InChI is InChI=1S/C23H33N3O5.C20H27N3O5.C18H22N2O6.C14H21NO7.C6H7N.C4H11N.CH3I/c1-7-8-14-24(4)20(27)19(22(29)26(6)18-12-10-9-11-13-18)21(28)25(5)15-16-31-23(30)17(2)3;1-4-5-11-21-17(24)16(19(26)23-15-9-7-6-8-10-15)18(25)22-12-13-28-20(27)14(2)3;1-4-25-18(24)14(16(22)20-13-8-6-5-7-9-13)15(21)19-10-11-26-17(23)12(2)3;1-5-20-13(18)10(14(19)21-6-2)11(16)15-7-8-22-12(17)9(3)4;7-6-4-2-1-3-5-6;1-2-3-4-5;1-2/h9-13,19H,2,7-8,14-16H2,1,3-6H3;6-10,16H,2,4-5,11-13H2,1,3H3,(H,21,24)(H,22,25)(H,23,26);5-9,14H,2,4,10-11H2,1,3H3,(H,19,21)(H,20,22);10H,3,5-8H2,1-2,4H3,(H,15,16);1-5H,7H2;2-5H2,1H3;1H3. The lowest BCUT2D eigenvalue weighted by atomic mass is 10.0. The Morgan fingerprint density at radius 3 is 0.992 bits per heavy atom. The van der Waals surface area contributed by atoms with E-state index in [4.69, 9.17) is 35.2 Å². The zero-order valence-electron chi connectivity index (χ0n) is 72.1. The summed E-state index contributed by atoms with van der Waals surface area (Å²) < 4.78 is 33.6. The van der Waals surface area contributed by atoms with Crippen LogP contribution < -0.4 is 48.3 Å². The summed E-state index contributed by atoms with van der Waals surface area (Å²) in [4.78, 5) is 200. The number of para-hydroxylation sites is 4. The van der Waals surface area contributed by atoms with Crippen molar-refractivity contribution < 1.29 is 110 Å². The van der Waals surface area contributed by atoms with Crippen molar-refractivity contribution in [3.8, 4) is 0 Å². The van der Waals surface area contributed by atoms with Crippen LogP contribution in [0.5, 0.6) is 0 Å².